The molecular formula is C53H34N2O. The van der Waals surface area contributed by atoms with Gasteiger partial charge in [0.2, 0.25) is 5.89 Å². The van der Waals surface area contributed by atoms with E-state index in [0.717, 1.165) is 76.8 Å². The SMILES string of the molecule is c1ccc(-c2ccc(N(c3ccc(-c4ccccc4)cc3)c3cccc4c3ccc3ccc5ccc6nc(-c7cccc8ccccc78)oc6c5c34)cc2)cc1. The number of aromatic nitrogens is 1. The summed E-state index contributed by atoms with van der Waals surface area (Å²) >= 11 is 0. The van der Waals surface area contributed by atoms with Gasteiger partial charge < -0.3 is 9.32 Å². The highest BCUT2D eigenvalue weighted by atomic mass is 16.3. The van der Waals surface area contributed by atoms with Gasteiger partial charge in [0.05, 0.1) is 5.69 Å². The van der Waals surface area contributed by atoms with Gasteiger partial charge in [-0.15, -0.1) is 0 Å². The van der Waals surface area contributed by atoms with E-state index in [1.165, 1.54) is 22.3 Å². The molecule has 10 aromatic carbocycles. The first-order valence-electron chi connectivity index (χ1n) is 19.0. The fraction of sp³-hybridized carbons (Fsp3) is 0. The molecule has 0 saturated carbocycles. The van der Waals surface area contributed by atoms with Crippen LogP contribution in [0.2, 0.25) is 0 Å². The Morgan fingerprint density at radius 3 is 1.59 bits per heavy atom. The van der Waals surface area contributed by atoms with E-state index in [9.17, 15) is 0 Å². The third kappa shape index (κ3) is 5.32. The van der Waals surface area contributed by atoms with Crippen molar-refractivity contribution in [3.05, 3.63) is 206 Å². The first kappa shape index (κ1) is 32.0. The van der Waals surface area contributed by atoms with Gasteiger partial charge in [0, 0.05) is 33.1 Å². The molecule has 0 saturated heterocycles. The number of fused-ring (bicyclic) bond motifs is 8. The molecule has 3 heteroatoms. The molecule has 3 nitrogen and oxygen atoms in total. The topological polar surface area (TPSA) is 29.3 Å². The fourth-order valence-corrected chi connectivity index (χ4v) is 8.38. The molecule has 1 aromatic heterocycles. The van der Waals surface area contributed by atoms with Crippen molar-refractivity contribution in [2.45, 2.75) is 0 Å². The summed E-state index contributed by atoms with van der Waals surface area (Å²) in [7, 11) is 0. The predicted octanol–water partition coefficient (Wildman–Crippen LogP) is 14.9. The lowest BCUT2D eigenvalue weighted by molar-refractivity contribution is 0.624. The fourth-order valence-electron chi connectivity index (χ4n) is 8.38. The zero-order chi connectivity index (χ0) is 37.0. The van der Waals surface area contributed by atoms with Crippen LogP contribution in [0.3, 0.4) is 0 Å². The molecule has 56 heavy (non-hydrogen) atoms. The highest BCUT2D eigenvalue weighted by Crippen LogP contribution is 2.44. The van der Waals surface area contributed by atoms with E-state index < -0.39 is 0 Å². The third-order valence-electron chi connectivity index (χ3n) is 11.1. The smallest absolute Gasteiger partial charge is 0.227 e. The zero-order valence-electron chi connectivity index (χ0n) is 30.4. The van der Waals surface area contributed by atoms with Crippen LogP contribution >= 0.6 is 0 Å². The maximum atomic E-state index is 6.82. The first-order valence-corrected chi connectivity index (χ1v) is 19.0. The molecule has 0 aliphatic heterocycles. The van der Waals surface area contributed by atoms with Crippen LogP contribution in [0.4, 0.5) is 17.1 Å². The molecule has 0 radical (unpaired) electrons. The quantitative estimate of drug-likeness (QED) is 0.161. The average molecular weight is 715 g/mol. The van der Waals surface area contributed by atoms with E-state index in [4.69, 9.17) is 9.40 Å². The van der Waals surface area contributed by atoms with Gasteiger partial charge in [0.1, 0.15) is 5.52 Å². The molecular weight excluding hydrogens is 681 g/mol. The zero-order valence-corrected chi connectivity index (χ0v) is 30.4. The van der Waals surface area contributed by atoms with Crippen LogP contribution in [0.5, 0.6) is 0 Å². The van der Waals surface area contributed by atoms with Crippen molar-refractivity contribution < 1.29 is 4.42 Å². The van der Waals surface area contributed by atoms with E-state index in [0.29, 0.717) is 5.89 Å². The summed E-state index contributed by atoms with van der Waals surface area (Å²) in [5.74, 6) is 0.631. The third-order valence-corrected chi connectivity index (χ3v) is 11.1. The number of oxazole rings is 1. The Hall–Kier alpha value is -7.49. The standard InChI is InChI=1S/C53H34N2O/c1-3-11-35(12-4-1)37-23-29-42(30-24-37)55(43-31-25-38(26-32-43)36-13-5-2-6-14-36)49-20-10-18-46-45(49)33-27-40-21-22-41-28-34-48-52(51(41)50(40)46)56-53(54-48)47-19-9-16-39-15-7-8-17-44(39)47/h1-34H. The first-order chi connectivity index (χ1) is 27.8. The summed E-state index contributed by atoms with van der Waals surface area (Å²) in [6.07, 6.45) is 0. The van der Waals surface area contributed by atoms with E-state index in [1.807, 2.05) is 0 Å². The maximum Gasteiger partial charge on any atom is 0.227 e. The molecule has 11 rings (SSSR count). The second kappa shape index (κ2) is 13.1. The number of hydrogen-bond donors (Lipinski definition) is 0. The molecule has 0 aliphatic carbocycles. The second-order valence-corrected chi connectivity index (χ2v) is 14.3. The van der Waals surface area contributed by atoms with Gasteiger partial charge >= 0.3 is 0 Å². The van der Waals surface area contributed by atoms with E-state index in [1.54, 1.807) is 0 Å². The lowest BCUT2D eigenvalue weighted by atomic mass is 9.94. The predicted molar refractivity (Wildman–Crippen MR) is 235 cm³/mol. The number of rotatable bonds is 6. The van der Waals surface area contributed by atoms with Crippen molar-refractivity contribution in [2.24, 2.45) is 0 Å². The van der Waals surface area contributed by atoms with E-state index in [2.05, 4.69) is 211 Å². The monoisotopic (exact) mass is 714 g/mol. The van der Waals surface area contributed by atoms with Crippen LogP contribution in [0, 0.1) is 0 Å². The summed E-state index contributed by atoms with van der Waals surface area (Å²) in [6.45, 7) is 0. The average Bonchev–Trinajstić information content (AvgIpc) is 3.72. The minimum Gasteiger partial charge on any atom is -0.435 e. The summed E-state index contributed by atoms with van der Waals surface area (Å²) in [5, 5.41) is 9.11. The van der Waals surface area contributed by atoms with Crippen molar-refractivity contribution >= 4 is 71.3 Å². The minimum atomic E-state index is 0.631. The summed E-state index contributed by atoms with van der Waals surface area (Å²) in [5.41, 5.74) is 10.7. The van der Waals surface area contributed by atoms with Crippen molar-refractivity contribution in [3.8, 4) is 33.7 Å². The Labute approximate surface area is 324 Å². The Balaban J connectivity index is 1.12. The summed E-state index contributed by atoms with van der Waals surface area (Å²) in [4.78, 5) is 7.46. The molecule has 0 aliphatic rings. The molecule has 0 unspecified atom stereocenters. The van der Waals surface area contributed by atoms with Crippen LogP contribution in [0.15, 0.2) is 211 Å². The van der Waals surface area contributed by atoms with Crippen LogP contribution in [-0.2, 0) is 0 Å². The Bertz CT molecular complexity index is 3130. The Morgan fingerprint density at radius 2 is 0.893 bits per heavy atom. The lowest BCUT2D eigenvalue weighted by Crippen LogP contribution is -2.10. The lowest BCUT2D eigenvalue weighted by Gasteiger charge is -2.27. The molecule has 262 valence electrons. The molecule has 0 atom stereocenters. The molecule has 0 amide bonds. The van der Waals surface area contributed by atoms with Crippen molar-refractivity contribution in [1.82, 2.24) is 4.98 Å². The van der Waals surface area contributed by atoms with Gasteiger partial charge in [-0.1, -0.05) is 164 Å². The highest BCUT2D eigenvalue weighted by molar-refractivity contribution is 6.27. The van der Waals surface area contributed by atoms with Gasteiger partial charge in [-0.3, -0.25) is 0 Å². The van der Waals surface area contributed by atoms with Gasteiger partial charge in [0.15, 0.2) is 5.58 Å². The van der Waals surface area contributed by atoms with Crippen LogP contribution in [-0.4, -0.2) is 4.98 Å². The minimum absolute atomic E-state index is 0.631. The maximum absolute atomic E-state index is 6.82. The van der Waals surface area contributed by atoms with E-state index in [-0.39, 0.29) is 0 Å². The van der Waals surface area contributed by atoms with E-state index >= 15 is 0 Å². The van der Waals surface area contributed by atoms with Crippen molar-refractivity contribution in [1.29, 1.82) is 0 Å². The van der Waals surface area contributed by atoms with Crippen molar-refractivity contribution in [3.63, 3.8) is 0 Å². The van der Waals surface area contributed by atoms with Crippen LogP contribution < -0.4 is 4.90 Å². The summed E-state index contributed by atoms with van der Waals surface area (Å²) in [6, 6.07) is 73.5. The Morgan fingerprint density at radius 1 is 0.357 bits per heavy atom. The molecule has 0 bridgehead atoms. The molecule has 1 heterocycles. The molecule has 0 fully saturated rings. The number of hydrogen-bond acceptors (Lipinski definition) is 3. The molecule has 0 spiro atoms. The molecule has 11 aromatic rings. The van der Waals surface area contributed by atoms with Gasteiger partial charge in [-0.05, 0) is 91.6 Å². The largest absolute Gasteiger partial charge is 0.435 e. The van der Waals surface area contributed by atoms with Crippen molar-refractivity contribution in [2.75, 3.05) is 4.90 Å². The van der Waals surface area contributed by atoms with Crippen LogP contribution in [0.1, 0.15) is 0 Å². The second-order valence-electron chi connectivity index (χ2n) is 14.3. The summed E-state index contributed by atoms with van der Waals surface area (Å²) < 4.78 is 6.82. The van der Waals surface area contributed by atoms with Crippen LogP contribution in [0.25, 0.3) is 87.9 Å². The number of anilines is 3. The number of nitrogens with zero attached hydrogens (tertiary/aromatic N) is 2. The molecule has 0 N–H and O–H groups in total. The van der Waals surface area contributed by atoms with Gasteiger partial charge in [-0.2, -0.15) is 0 Å². The number of benzene rings is 10. The van der Waals surface area contributed by atoms with Gasteiger partial charge in [0.25, 0.3) is 0 Å². The van der Waals surface area contributed by atoms with Gasteiger partial charge in [-0.25, -0.2) is 4.98 Å². The normalized spacial score (nSPS) is 11.6. The highest BCUT2D eigenvalue weighted by Gasteiger charge is 2.20. The Kier molecular flexibility index (Phi) is 7.49.